The van der Waals surface area contributed by atoms with Crippen LogP contribution in [0.3, 0.4) is 0 Å². The molecule has 1 aliphatic carbocycles. The molecule has 82 valence electrons. The van der Waals surface area contributed by atoms with Crippen molar-refractivity contribution < 1.29 is 4.74 Å². The molecule has 1 saturated carbocycles. The molecule has 1 nitrogen and oxygen atoms in total. The lowest BCUT2D eigenvalue weighted by molar-refractivity contribution is 0.154. The lowest BCUT2D eigenvalue weighted by Gasteiger charge is -2.24. The second kappa shape index (κ2) is 4.69. The van der Waals surface area contributed by atoms with E-state index in [1.165, 1.54) is 43.2 Å². The van der Waals surface area contributed by atoms with Crippen molar-refractivity contribution >= 4 is 0 Å². The third kappa shape index (κ3) is 2.74. The Morgan fingerprint density at radius 1 is 1.07 bits per heavy atom. The van der Waals surface area contributed by atoms with E-state index in [1.54, 1.807) is 0 Å². The summed E-state index contributed by atoms with van der Waals surface area (Å²) in [5, 5.41) is 0. The summed E-state index contributed by atoms with van der Waals surface area (Å²) in [5.41, 5.74) is 2.57. The van der Waals surface area contributed by atoms with E-state index in [9.17, 15) is 0 Å². The smallest absolute Gasteiger partial charge is 0.122 e. The summed E-state index contributed by atoms with van der Waals surface area (Å²) in [5.74, 6) is 1.08. The molecule has 1 aliphatic rings. The fraction of sp³-hybridized carbons (Fsp3) is 0.571. The van der Waals surface area contributed by atoms with E-state index < -0.39 is 0 Å². The largest absolute Gasteiger partial charge is 0.490 e. The van der Waals surface area contributed by atoms with Crippen LogP contribution in [0.4, 0.5) is 0 Å². The van der Waals surface area contributed by atoms with Gasteiger partial charge < -0.3 is 4.74 Å². The van der Waals surface area contributed by atoms with Gasteiger partial charge in [0, 0.05) is 0 Å². The van der Waals surface area contributed by atoms with E-state index in [4.69, 9.17) is 4.74 Å². The average molecular weight is 204 g/mol. The highest BCUT2D eigenvalue weighted by molar-refractivity contribution is 5.35. The highest BCUT2D eigenvalue weighted by atomic mass is 16.5. The Labute approximate surface area is 92.5 Å². The lowest BCUT2D eigenvalue weighted by atomic mass is 9.97. The summed E-state index contributed by atoms with van der Waals surface area (Å²) >= 11 is 0. The first-order valence-corrected chi connectivity index (χ1v) is 5.99. The summed E-state index contributed by atoms with van der Waals surface area (Å²) in [6.45, 7) is 4.25. The Bertz CT molecular complexity index is 324. The Kier molecular flexibility index (Phi) is 3.30. The standard InChI is InChI=1S/C14H20O/c1-11-8-9-14(12(2)10-11)15-13-6-4-3-5-7-13/h8-10,13H,3-7H2,1-2H3. The van der Waals surface area contributed by atoms with Crippen molar-refractivity contribution in [3.63, 3.8) is 0 Å². The molecule has 0 saturated heterocycles. The van der Waals surface area contributed by atoms with Crippen molar-refractivity contribution in [1.82, 2.24) is 0 Å². The van der Waals surface area contributed by atoms with Gasteiger partial charge in [-0.2, -0.15) is 0 Å². The van der Waals surface area contributed by atoms with E-state index in [1.807, 2.05) is 0 Å². The third-order valence-corrected chi connectivity index (χ3v) is 3.18. The normalized spacial score (nSPS) is 17.7. The number of rotatable bonds is 2. The van der Waals surface area contributed by atoms with E-state index in [0.29, 0.717) is 6.10 Å². The van der Waals surface area contributed by atoms with E-state index >= 15 is 0 Å². The van der Waals surface area contributed by atoms with E-state index in [2.05, 4.69) is 32.0 Å². The van der Waals surface area contributed by atoms with Crippen LogP contribution in [0.25, 0.3) is 0 Å². The fourth-order valence-electron chi connectivity index (χ4n) is 2.29. The van der Waals surface area contributed by atoms with Crippen LogP contribution in [-0.2, 0) is 0 Å². The first kappa shape index (κ1) is 10.5. The number of hydrogen-bond donors (Lipinski definition) is 0. The average Bonchev–Trinajstić information content (AvgIpc) is 2.24. The Morgan fingerprint density at radius 3 is 2.47 bits per heavy atom. The van der Waals surface area contributed by atoms with Crippen molar-refractivity contribution in [3.8, 4) is 5.75 Å². The van der Waals surface area contributed by atoms with Crippen molar-refractivity contribution in [1.29, 1.82) is 0 Å². The van der Waals surface area contributed by atoms with Gasteiger partial charge in [0.05, 0.1) is 6.10 Å². The van der Waals surface area contributed by atoms with Crippen LogP contribution in [0.5, 0.6) is 5.75 Å². The quantitative estimate of drug-likeness (QED) is 0.707. The molecule has 0 amide bonds. The van der Waals surface area contributed by atoms with Crippen molar-refractivity contribution in [2.24, 2.45) is 0 Å². The molecule has 2 rings (SSSR count). The predicted octanol–water partition coefficient (Wildman–Crippen LogP) is 4.01. The SMILES string of the molecule is Cc1ccc(OC2CCCCC2)c(C)c1. The van der Waals surface area contributed by atoms with Gasteiger partial charge in [-0.3, -0.25) is 0 Å². The monoisotopic (exact) mass is 204 g/mol. The van der Waals surface area contributed by atoms with Gasteiger partial charge in [0.2, 0.25) is 0 Å². The molecule has 1 heteroatoms. The van der Waals surface area contributed by atoms with Crippen LogP contribution in [0, 0.1) is 13.8 Å². The second-order valence-corrected chi connectivity index (χ2v) is 4.65. The highest BCUT2D eigenvalue weighted by Crippen LogP contribution is 2.26. The minimum absolute atomic E-state index is 0.458. The lowest BCUT2D eigenvalue weighted by Crippen LogP contribution is -2.19. The molecule has 0 spiro atoms. The maximum atomic E-state index is 6.04. The van der Waals surface area contributed by atoms with Crippen LogP contribution in [-0.4, -0.2) is 6.10 Å². The maximum Gasteiger partial charge on any atom is 0.122 e. The van der Waals surface area contributed by atoms with Crippen LogP contribution in [0.15, 0.2) is 18.2 Å². The number of ether oxygens (including phenoxy) is 1. The topological polar surface area (TPSA) is 9.23 Å². The molecule has 0 atom stereocenters. The fourth-order valence-corrected chi connectivity index (χ4v) is 2.29. The molecule has 0 aromatic heterocycles. The molecule has 1 aromatic rings. The van der Waals surface area contributed by atoms with Crippen molar-refractivity contribution in [2.45, 2.75) is 52.1 Å². The van der Waals surface area contributed by atoms with Gasteiger partial charge >= 0.3 is 0 Å². The zero-order chi connectivity index (χ0) is 10.7. The molecule has 0 N–H and O–H groups in total. The first-order chi connectivity index (χ1) is 7.25. The summed E-state index contributed by atoms with van der Waals surface area (Å²) in [6, 6.07) is 6.43. The molecule has 0 heterocycles. The zero-order valence-electron chi connectivity index (χ0n) is 9.75. The summed E-state index contributed by atoms with van der Waals surface area (Å²) < 4.78 is 6.04. The van der Waals surface area contributed by atoms with Crippen LogP contribution < -0.4 is 4.74 Å². The molecular weight excluding hydrogens is 184 g/mol. The third-order valence-electron chi connectivity index (χ3n) is 3.18. The number of aryl methyl sites for hydroxylation is 2. The van der Waals surface area contributed by atoms with Crippen LogP contribution >= 0.6 is 0 Å². The van der Waals surface area contributed by atoms with Gasteiger partial charge in [-0.1, -0.05) is 24.1 Å². The van der Waals surface area contributed by atoms with Crippen LogP contribution in [0.2, 0.25) is 0 Å². The summed E-state index contributed by atoms with van der Waals surface area (Å²) in [7, 11) is 0. The van der Waals surface area contributed by atoms with Crippen molar-refractivity contribution in [3.05, 3.63) is 29.3 Å². The molecule has 1 fully saturated rings. The molecule has 0 bridgehead atoms. The van der Waals surface area contributed by atoms with Gasteiger partial charge in [-0.25, -0.2) is 0 Å². The maximum absolute atomic E-state index is 6.04. The Balaban J connectivity index is 2.03. The summed E-state index contributed by atoms with van der Waals surface area (Å²) in [6.07, 6.45) is 6.96. The van der Waals surface area contributed by atoms with Gasteiger partial charge in [0.15, 0.2) is 0 Å². The number of hydrogen-bond acceptors (Lipinski definition) is 1. The summed E-state index contributed by atoms with van der Waals surface area (Å²) in [4.78, 5) is 0. The molecule has 15 heavy (non-hydrogen) atoms. The Hall–Kier alpha value is -0.980. The first-order valence-electron chi connectivity index (χ1n) is 5.99. The molecule has 0 aliphatic heterocycles. The van der Waals surface area contributed by atoms with Crippen LogP contribution in [0.1, 0.15) is 43.2 Å². The minimum Gasteiger partial charge on any atom is -0.490 e. The van der Waals surface area contributed by atoms with Crippen molar-refractivity contribution in [2.75, 3.05) is 0 Å². The minimum atomic E-state index is 0.458. The van der Waals surface area contributed by atoms with Gasteiger partial charge in [0.25, 0.3) is 0 Å². The van der Waals surface area contributed by atoms with Gasteiger partial charge in [0.1, 0.15) is 5.75 Å². The van der Waals surface area contributed by atoms with Gasteiger partial charge in [-0.05, 0) is 51.2 Å². The number of benzene rings is 1. The molecule has 1 aromatic carbocycles. The highest BCUT2D eigenvalue weighted by Gasteiger charge is 2.15. The predicted molar refractivity (Wildman–Crippen MR) is 63.4 cm³/mol. The van der Waals surface area contributed by atoms with E-state index in [0.717, 1.165) is 5.75 Å². The van der Waals surface area contributed by atoms with E-state index in [-0.39, 0.29) is 0 Å². The second-order valence-electron chi connectivity index (χ2n) is 4.65. The molecule has 0 unspecified atom stereocenters. The zero-order valence-corrected chi connectivity index (χ0v) is 9.75. The Morgan fingerprint density at radius 2 is 1.80 bits per heavy atom. The molecular formula is C14H20O. The molecule has 0 radical (unpaired) electrons. The van der Waals surface area contributed by atoms with Gasteiger partial charge in [-0.15, -0.1) is 0 Å².